The molecule has 170 valence electrons. The van der Waals surface area contributed by atoms with Crippen LogP contribution < -0.4 is 5.32 Å². The molecule has 0 aliphatic heterocycles. The number of carboxylic acids is 1. The van der Waals surface area contributed by atoms with Crippen molar-refractivity contribution in [1.29, 1.82) is 0 Å². The number of benzene rings is 2. The smallest absolute Gasteiger partial charge is 0.407 e. The number of carboxylic acid groups (broad SMARTS) is 1. The minimum Gasteiger partial charge on any atom is -0.481 e. The Balaban J connectivity index is 1.34. The van der Waals surface area contributed by atoms with Gasteiger partial charge >= 0.3 is 12.1 Å². The highest BCUT2D eigenvalue weighted by Crippen LogP contribution is 2.44. The van der Waals surface area contributed by atoms with Gasteiger partial charge in [-0.1, -0.05) is 48.5 Å². The van der Waals surface area contributed by atoms with Crippen molar-refractivity contribution in [2.24, 2.45) is 0 Å². The average molecular weight is 440 g/mol. The van der Waals surface area contributed by atoms with Crippen LogP contribution in [0.25, 0.3) is 11.1 Å². The molecule has 0 radical (unpaired) electrons. The maximum atomic E-state index is 12.1. The van der Waals surface area contributed by atoms with E-state index < -0.39 is 12.1 Å². The van der Waals surface area contributed by atoms with E-state index in [4.69, 9.17) is 14.6 Å². The number of rotatable bonds is 11. The van der Waals surface area contributed by atoms with E-state index in [-0.39, 0.29) is 57.6 Å². The molecule has 0 aromatic heterocycles. The van der Waals surface area contributed by atoms with E-state index in [1.807, 2.05) is 24.3 Å². The molecule has 0 saturated heterocycles. The molecule has 0 saturated carbocycles. The molecule has 32 heavy (non-hydrogen) atoms. The van der Waals surface area contributed by atoms with Crippen LogP contribution in [-0.4, -0.2) is 67.9 Å². The van der Waals surface area contributed by atoms with Crippen LogP contribution in [0.2, 0.25) is 0 Å². The summed E-state index contributed by atoms with van der Waals surface area (Å²) < 4.78 is 10.8. The molecule has 0 fully saturated rings. The molecule has 0 unspecified atom stereocenters. The fourth-order valence-corrected chi connectivity index (χ4v) is 3.72. The van der Waals surface area contributed by atoms with E-state index in [2.05, 4.69) is 29.6 Å². The summed E-state index contributed by atoms with van der Waals surface area (Å²) in [5.74, 6) is -1.12. The first-order chi connectivity index (χ1) is 15.5. The van der Waals surface area contributed by atoms with Crippen LogP contribution in [0.15, 0.2) is 48.5 Å². The van der Waals surface area contributed by atoms with Gasteiger partial charge in [0, 0.05) is 26.1 Å². The van der Waals surface area contributed by atoms with Crippen molar-refractivity contribution >= 4 is 18.0 Å². The third-order valence-electron chi connectivity index (χ3n) is 5.41. The first-order valence-corrected chi connectivity index (χ1v) is 10.6. The molecule has 8 heteroatoms. The lowest BCUT2D eigenvalue weighted by Crippen LogP contribution is -2.31. The summed E-state index contributed by atoms with van der Waals surface area (Å²) in [5, 5.41) is 11.3. The predicted octanol–water partition coefficient (Wildman–Crippen LogP) is 2.86. The van der Waals surface area contributed by atoms with Gasteiger partial charge in [-0.25, -0.2) is 4.79 Å². The molecule has 8 nitrogen and oxygen atoms in total. The van der Waals surface area contributed by atoms with Gasteiger partial charge in [0.2, 0.25) is 5.91 Å². The van der Waals surface area contributed by atoms with Gasteiger partial charge in [0.15, 0.2) is 0 Å². The number of carbonyl (C=O) groups excluding carboxylic acids is 2. The van der Waals surface area contributed by atoms with Crippen LogP contribution in [0.4, 0.5) is 4.79 Å². The number of carbonyl (C=O) groups is 3. The second-order valence-corrected chi connectivity index (χ2v) is 7.57. The van der Waals surface area contributed by atoms with Crippen molar-refractivity contribution in [3.05, 3.63) is 59.7 Å². The lowest BCUT2D eigenvalue weighted by Gasteiger charge is -2.16. The van der Waals surface area contributed by atoms with Crippen molar-refractivity contribution < 1.29 is 29.0 Å². The molecule has 2 N–H and O–H groups in total. The van der Waals surface area contributed by atoms with Crippen LogP contribution in [0.1, 0.15) is 29.9 Å². The van der Waals surface area contributed by atoms with E-state index in [0.717, 1.165) is 11.1 Å². The number of nitrogens with one attached hydrogen (secondary N) is 1. The number of nitrogens with zero attached hydrogens (tertiary/aromatic N) is 1. The van der Waals surface area contributed by atoms with Gasteiger partial charge in [0.1, 0.15) is 6.61 Å². The molecule has 2 amide bonds. The molecular formula is C24H28N2O6. The molecule has 3 rings (SSSR count). The Bertz CT molecular complexity index is 916. The monoisotopic (exact) mass is 440 g/mol. The van der Waals surface area contributed by atoms with Crippen LogP contribution in [0, 0.1) is 0 Å². The van der Waals surface area contributed by atoms with Crippen LogP contribution in [0.5, 0.6) is 0 Å². The summed E-state index contributed by atoms with van der Waals surface area (Å²) in [7, 11) is 1.56. The van der Waals surface area contributed by atoms with Crippen LogP contribution >= 0.6 is 0 Å². The van der Waals surface area contributed by atoms with Gasteiger partial charge in [-0.15, -0.1) is 0 Å². The topological polar surface area (TPSA) is 105 Å². The standard InChI is InChI=1S/C24H28N2O6/c1-26(13-10-23(28)29)22(27)11-14-31-15-12-25-24(30)32-16-21-19-8-4-2-6-17(19)18-7-3-5-9-20(18)21/h2-9,21H,10-16H2,1H3,(H,25,30)(H,28,29). The van der Waals surface area contributed by atoms with E-state index in [1.165, 1.54) is 16.0 Å². The fourth-order valence-electron chi connectivity index (χ4n) is 3.72. The zero-order chi connectivity index (χ0) is 22.9. The number of alkyl carbamates (subject to hydrolysis) is 1. The summed E-state index contributed by atoms with van der Waals surface area (Å²) in [6, 6.07) is 16.3. The third kappa shape index (κ3) is 6.07. The molecule has 2 aromatic carbocycles. The van der Waals surface area contributed by atoms with Crippen LogP contribution in [-0.2, 0) is 19.1 Å². The number of ether oxygens (including phenoxy) is 2. The van der Waals surface area contributed by atoms with E-state index in [1.54, 1.807) is 7.05 Å². The van der Waals surface area contributed by atoms with Gasteiger partial charge in [0.05, 0.1) is 26.1 Å². The molecule has 2 aromatic rings. The number of hydrogen-bond donors (Lipinski definition) is 2. The lowest BCUT2D eigenvalue weighted by atomic mass is 9.98. The minimum absolute atomic E-state index is 0.00790. The molecule has 0 atom stereocenters. The minimum atomic E-state index is -0.944. The van der Waals surface area contributed by atoms with Crippen molar-refractivity contribution in [3.8, 4) is 11.1 Å². The molecule has 1 aliphatic carbocycles. The highest BCUT2D eigenvalue weighted by atomic mass is 16.5. The number of amides is 2. The molecule has 1 aliphatic rings. The quantitative estimate of drug-likeness (QED) is 0.521. The largest absolute Gasteiger partial charge is 0.481 e. The fraction of sp³-hybridized carbons (Fsp3) is 0.375. The van der Waals surface area contributed by atoms with Crippen molar-refractivity contribution in [3.63, 3.8) is 0 Å². The van der Waals surface area contributed by atoms with Crippen molar-refractivity contribution in [2.75, 3.05) is 40.0 Å². The van der Waals surface area contributed by atoms with Gasteiger partial charge in [-0.2, -0.15) is 0 Å². The second-order valence-electron chi connectivity index (χ2n) is 7.57. The van der Waals surface area contributed by atoms with Gasteiger partial charge in [-0.3, -0.25) is 9.59 Å². The predicted molar refractivity (Wildman–Crippen MR) is 118 cm³/mol. The lowest BCUT2D eigenvalue weighted by molar-refractivity contribution is -0.138. The summed E-state index contributed by atoms with van der Waals surface area (Å²) in [6.45, 7) is 1.12. The summed E-state index contributed by atoms with van der Waals surface area (Å²) in [5.41, 5.74) is 4.66. The van der Waals surface area contributed by atoms with Crippen LogP contribution in [0.3, 0.4) is 0 Å². The van der Waals surface area contributed by atoms with E-state index in [0.29, 0.717) is 0 Å². The zero-order valence-corrected chi connectivity index (χ0v) is 18.1. The summed E-state index contributed by atoms with van der Waals surface area (Å²) in [6.07, 6.45) is -0.450. The van der Waals surface area contributed by atoms with Gasteiger partial charge in [-0.05, 0) is 22.3 Å². The van der Waals surface area contributed by atoms with Gasteiger partial charge in [0.25, 0.3) is 0 Å². The molecule has 0 spiro atoms. The summed E-state index contributed by atoms with van der Waals surface area (Å²) in [4.78, 5) is 35.8. The Morgan fingerprint density at radius 2 is 1.59 bits per heavy atom. The van der Waals surface area contributed by atoms with Crippen molar-refractivity contribution in [2.45, 2.75) is 18.8 Å². The Kier molecular flexibility index (Phi) is 8.21. The number of hydrogen-bond acceptors (Lipinski definition) is 5. The highest BCUT2D eigenvalue weighted by molar-refractivity contribution is 5.79. The molecular weight excluding hydrogens is 412 g/mol. The SMILES string of the molecule is CN(CCC(=O)O)C(=O)CCOCCNC(=O)OCC1c2ccccc2-c2ccccc21. The zero-order valence-electron chi connectivity index (χ0n) is 18.1. The Hall–Kier alpha value is -3.39. The van der Waals surface area contributed by atoms with E-state index in [9.17, 15) is 14.4 Å². The highest BCUT2D eigenvalue weighted by Gasteiger charge is 2.28. The summed E-state index contributed by atoms with van der Waals surface area (Å²) >= 11 is 0. The average Bonchev–Trinajstić information content (AvgIpc) is 3.12. The maximum absolute atomic E-state index is 12.1. The first-order valence-electron chi connectivity index (χ1n) is 10.6. The normalized spacial score (nSPS) is 12.0. The Morgan fingerprint density at radius 3 is 2.22 bits per heavy atom. The third-order valence-corrected chi connectivity index (χ3v) is 5.41. The first kappa shape index (κ1) is 23.3. The molecule has 0 bridgehead atoms. The van der Waals surface area contributed by atoms with Crippen molar-refractivity contribution in [1.82, 2.24) is 10.2 Å². The Morgan fingerprint density at radius 1 is 0.969 bits per heavy atom. The number of fused-ring (bicyclic) bond motifs is 3. The van der Waals surface area contributed by atoms with E-state index >= 15 is 0 Å². The Labute approximate surface area is 187 Å². The number of aliphatic carboxylic acids is 1. The molecule has 0 heterocycles. The van der Waals surface area contributed by atoms with Gasteiger partial charge < -0.3 is 24.8 Å². The maximum Gasteiger partial charge on any atom is 0.407 e. The second kappa shape index (κ2) is 11.3.